The topological polar surface area (TPSA) is 61.4 Å². The van der Waals surface area contributed by atoms with Crippen molar-refractivity contribution in [3.05, 3.63) is 18.0 Å². The molecule has 1 saturated carbocycles. The van der Waals surface area contributed by atoms with Gasteiger partial charge >= 0.3 is 0 Å². The Labute approximate surface area is 110 Å². The van der Waals surface area contributed by atoms with Crippen LogP contribution >= 0.6 is 11.8 Å². The number of hydrogen-bond acceptors (Lipinski definition) is 5. The lowest BCUT2D eigenvalue weighted by Gasteiger charge is -2.01. The molecule has 0 aliphatic heterocycles. The molecule has 6 nitrogen and oxygen atoms in total. The van der Waals surface area contributed by atoms with Gasteiger partial charge in [0.1, 0.15) is 0 Å². The average Bonchev–Trinajstić information content (AvgIpc) is 2.96. The molecule has 0 saturated heterocycles. The number of nitrogens with zero attached hydrogens (tertiary/aromatic N) is 6. The summed E-state index contributed by atoms with van der Waals surface area (Å²) in [6, 6.07) is 0.556. The summed E-state index contributed by atoms with van der Waals surface area (Å²) in [5.74, 6) is 1.04. The Balaban J connectivity index is 1.45. The minimum Gasteiger partial charge on any atom is -0.276 e. The maximum atomic E-state index is 4.16. The predicted molar refractivity (Wildman–Crippen MR) is 68.3 cm³/mol. The van der Waals surface area contributed by atoms with Crippen LogP contribution in [0.5, 0.6) is 0 Å². The van der Waals surface area contributed by atoms with E-state index in [9.17, 15) is 0 Å². The van der Waals surface area contributed by atoms with Crippen LogP contribution in [0.4, 0.5) is 0 Å². The summed E-state index contributed by atoms with van der Waals surface area (Å²) >= 11 is 1.75. The second-order valence-corrected chi connectivity index (χ2v) is 5.67. The molecular formula is C11H16N6S. The Morgan fingerprint density at radius 1 is 1.44 bits per heavy atom. The molecular weight excluding hydrogens is 248 g/mol. The highest BCUT2D eigenvalue weighted by Gasteiger charge is 2.27. The monoisotopic (exact) mass is 264 g/mol. The van der Waals surface area contributed by atoms with E-state index in [2.05, 4.69) is 26.8 Å². The molecule has 1 fully saturated rings. The smallest absolute Gasteiger partial charge is 0.209 e. The third-order valence-electron chi connectivity index (χ3n) is 2.95. The lowest BCUT2D eigenvalue weighted by Crippen LogP contribution is -1.99. The highest BCUT2D eigenvalue weighted by Crippen LogP contribution is 2.36. The summed E-state index contributed by atoms with van der Waals surface area (Å²) in [5.41, 5.74) is 1.29. The average molecular weight is 264 g/mol. The number of aromatic nitrogens is 6. The molecule has 0 N–H and O–H groups in total. The van der Waals surface area contributed by atoms with Crippen molar-refractivity contribution < 1.29 is 0 Å². The first-order valence-electron chi connectivity index (χ1n) is 6.21. The van der Waals surface area contributed by atoms with Crippen LogP contribution in [0, 0.1) is 0 Å². The first-order chi connectivity index (χ1) is 8.83. The van der Waals surface area contributed by atoms with Gasteiger partial charge in [0.05, 0.1) is 12.2 Å². The van der Waals surface area contributed by atoms with E-state index in [0.29, 0.717) is 6.04 Å². The molecule has 0 bridgehead atoms. The van der Waals surface area contributed by atoms with Crippen molar-refractivity contribution >= 4 is 11.8 Å². The second-order valence-electron chi connectivity index (χ2n) is 4.61. The van der Waals surface area contributed by atoms with Gasteiger partial charge in [-0.3, -0.25) is 4.68 Å². The van der Waals surface area contributed by atoms with Crippen LogP contribution in [0.15, 0.2) is 17.6 Å². The summed E-state index contributed by atoms with van der Waals surface area (Å²) in [5, 5.41) is 17.0. The van der Waals surface area contributed by atoms with Gasteiger partial charge in [0.25, 0.3) is 0 Å². The van der Waals surface area contributed by atoms with E-state index in [0.717, 1.165) is 23.8 Å². The van der Waals surface area contributed by atoms with Crippen molar-refractivity contribution in [1.82, 2.24) is 30.0 Å². The maximum Gasteiger partial charge on any atom is 0.209 e. The van der Waals surface area contributed by atoms with Gasteiger partial charge in [-0.1, -0.05) is 11.8 Å². The fraction of sp³-hybridized carbons (Fsp3) is 0.636. The van der Waals surface area contributed by atoms with Crippen molar-refractivity contribution in [3.63, 3.8) is 0 Å². The molecule has 1 aliphatic rings. The van der Waals surface area contributed by atoms with Gasteiger partial charge in [-0.05, 0) is 41.7 Å². The highest BCUT2D eigenvalue weighted by molar-refractivity contribution is 7.99. The number of tetrazole rings is 1. The third kappa shape index (κ3) is 2.72. The minimum atomic E-state index is 0.556. The molecule has 0 amide bonds. The second kappa shape index (κ2) is 5.09. The molecule has 1 aliphatic carbocycles. The number of aryl methyl sites for hydroxylation is 2. The van der Waals surface area contributed by atoms with Crippen molar-refractivity contribution in [2.24, 2.45) is 7.05 Å². The zero-order valence-corrected chi connectivity index (χ0v) is 11.2. The molecule has 0 aromatic carbocycles. The third-order valence-corrected chi connectivity index (χ3v) is 3.97. The standard InChI is InChI=1S/C11H16N6S/c1-16-8-9(7-12-16)3-2-6-18-11-13-14-15-17(11)10-4-5-10/h7-8,10H,2-6H2,1H3. The Morgan fingerprint density at radius 3 is 3.06 bits per heavy atom. The Morgan fingerprint density at radius 2 is 2.33 bits per heavy atom. The number of hydrogen-bond donors (Lipinski definition) is 0. The maximum absolute atomic E-state index is 4.16. The number of thioether (sulfide) groups is 1. The molecule has 2 heterocycles. The summed E-state index contributed by atoms with van der Waals surface area (Å²) in [6.07, 6.45) is 8.61. The van der Waals surface area contributed by atoms with Crippen LogP contribution in [-0.2, 0) is 13.5 Å². The van der Waals surface area contributed by atoms with E-state index < -0.39 is 0 Å². The lowest BCUT2D eigenvalue weighted by molar-refractivity contribution is 0.565. The molecule has 2 aromatic rings. The van der Waals surface area contributed by atoms with Crippen LogP contribution in [-0.4, -0.2) is 35.7 Å². The van der Waals surface area contributed by atoms with Gasteiger partial charge in [0.15, 0.2) is 0 Å². The normalized spacial score (nSPS) is 15.2. The van der Waals surface area contributed by atoms with Crippen LogP contribution < -0.4 is 0 Å². The molecule has 0 unspecified atom stereocenters. The molecule has 3 rings (SSSR count). The van der Waals surface area contributed by atoms with Crippen LogP contribution in [0.2, 0.25) is 0 Å². The quantitative estimate of drug-likeness (QED) is 0.584. The molecule has 96 valence electrons. The van der Waals surface area contributed by atoms with Gasteiger partial charge in [-0.2, -0.15) is 5.10 Å². The largest absolute Gasteiger partial charge is 0.276 e. The van der Waals surface area contributed by atoms with Crippen LogP contribution in [0.25, 0.3) is 0 Å². The highest BCUT2D eigenvalue weighted by atomic mass is 32.2. The first kappa shape index (κ1) is 11.7. The van der Waals surface area contributed by atoms with Crippen LogP contribution in [0.1, 0.15) is 30.9 Å². The van der Waals surface area contributed by atoms with Gasteiger partial charge in [0, 0.05) is 19.0 Å². The molecule has 7 heteroatoms. The van der Waals surface area contributed by atoms with E-state index in [1.165, 1.54) is 18.4 Å². The molecule has 0 atom stereocenters. The molecule has 0 radical (unpaired) electrons. The van der Waals surface area contributed by atoms with Crippen molar-refractivity contribution in [2.75, 3.05) is 5.75 Å². The van der Waals surface area contributed by atoms with Crippen molar-refractivity contribution in [2.45, 2.75) is 36.9 Å². The Kier molecular flexibility index (Phi) is 3.31. The fourth-order valence-electron chi connectivity index (χ4n) is 1.87. The van der Waals surface area contributed by atoms with Crippen molar-refractivity contribution in [3.8, 4) is 0 Å². The summed E-state index contributed by atoms with van der Waals surface area (Å²) in [7, 11) is 1.95. The minimum absolute atomic E-state index is 0.556. The Bertz CT molecular complexity index is 515. The van der Waals surface area contributed by atoms with Gasteiger partial charge in [-0.15, -0.1) is 5.10 Å². The van der Waals surface area contributed by atoms with Gasteiger partial charge in [-0.25, -0.2) is 4.68 Å². The van der Waals surface area contributed by atoms with E-state index >= 15 is 0 Å². The lowest BCUT2D eigenvalue weighted by atomic mass is 10.2. The van der Waals surface area contributed by atoms with Crippen molar-refractivity contribution in [1.29, 1.82) is 0 Å². The molecule has 18 heavy (non-hydrogen) atoms. The van der Waals surface area contributed by atoms with Gasteiger partial charge < -0.3 is 0 Å². The Hall–Kier alpha value is -1.37. The molecule has 2 aromatic heterocycles. The summed E-state index contributed by atoms with van der Waals surface area (Å²) < 4.78 is 3.81. The van der Waals surface area contributed by atoms with E-state index in [-0.39, 0.29) is 0 Å². The number of rotatable bonds is 6. The van der Waals surface area contributed by atoms with Gasteiger partial charge in [0.2, 0.25) is 5.16 Å². The summed E-state index contributed by atoms with van der Waals surface area (Å²) in [4.78, 5) is 0. The van der Waals surface area contributed by atoms with E-state index in [1.54, 1.807) is 11.8 Å². The zero-order valence-electron chi connectivity index (χ0n) is 10.4. The first-order valence-corrected chi connectivity index (χ1v) is 7.19. The predicted octanol–water partition coefficient (Wildman–Crippen LogP) is 1.47. The molecule has 0 spiro atoms. The zero-order chi connectivity index (χ0) is 12.4. The van der Waals surface area contributed by atoms with E-state index in [1.807, 2.05) is 22.6 Å². The SMILES string of the molecule is Cn1cc(CCCSc2nnnn2C2CC2)cn1. The fourth-order valence-corrected chi connectivity index (χ4v) is 2.75. The van der Waals surface area contributed by atoms with E-state index in [4.69, 9.17) is 0 Å². The summed E-state index contributed by atoms with van der Waals surface area (Å²) in [6.45, 7) is 0. The van der Waals surface area contributed by atoms with Crippen LogP contribution in [0.3, 0.4) is 0 Å².